The topological polar surface area (TPSA) is 44.8 Å². The molecule has 4 heteroatoms. The van der Waals surface area contributed by atoms with Gasteiger partial charge in [-0.25, -0.2) is 0 Å². The van der Waals surface area contributed by atoms with Crippen molar-refractivity contribution in [3.05, 3.63) is 0 Å². The summed E-state index contributed by atoms with van der Waals surface area (Å²) in [4.78, 5) is 11.0. The molecule has 1 saturated heterocycles. The lowest BCUT2D eigenvalue weighted by molar-refractivity contribution is -0.148. The van der Waals surface area contributed by atoms with Crippen LogP contribution in [0.1, 0.15) is 26.7 Å². The number of hydrogen-bond donors (Lipinski definition) is 0. The highest BCUT2D eigenvalue weighted by Crippen LogP contribution is 2.30. The number of esters is 1. The Labute approximate surface area is 89.9 Å². The Morgan fingerprint density at radius 1 is 1.53 bits per heavy atom. The number of methoxy groups -OCH3 is 1. The molecule has 0 radical (unpaired) electrons. The molecule has 1 rings (SSSR count). The Morgan fingerprint density at radius 2 is 2.20 bits per heavy atom. The molecule has 0 aromatic rings. The monoisotopic (exact) mass is 212 g/mol. The first-order chi connectivity index (χ1) is 6.98. The number of hydrogen-bond acceptors (Lipinski definition) is 4. The van der Waals surface area contributed by atoms with E-state index in [1.165, 1.54) is 7.11 Å². The highest BCUT2D eigenvalue weighted by molar-refractivity contribution is 5.69. The van der Waals surface area contributed by atoms with Gasteiger partial charge in [-0.2, -0.15) is 0 Å². The molecule has 4 nitrogen and oxygen atoms in total. The van der Waals surface area contributed by atoms with E-state index in [2.05, 4.69) is 10.7 Å². The Kier molecular flexibility index (Phi) is 3.72. The molecule has 1 aliphatic heterocycles. The Balaban J connectivity index is 2.48. The van der Waals surface area contributed by atoms with Gasteiger partial charge < -0.3 is 14.2 Å². The molecule has 15 heavy (non-hydrogen) atoms. The molecule has 0 aliphatic carbocycles. The average Bonchev–Trinajstić information content (AvgIpc) is 2.49. The molecular weight excluding hydrogens is 196 g/mol. The van der Waals surface area contributed by atoms with Crippen LogP contribution in [-0.4, -0.2) is 31.1 Å². The fourth-order valence-electron chi connectivity index (χ4n) is 1.55. The summed E-state index contributed by atoms with van der Waals surface area (Å²) in [5, 5.41) is 0. The van der Waals surface area contributed by atoms with Crippen LogP contribution >= 0.6 is 0 Å². The average molecular weight is 212 g/mol. The Morgan fingerprint density at radius 3 is 2.73 bits per heavy atom. The minimum Gasteiger partial charge on any atom is -0.469 e. The zero-order valence-corrected chi connectivity index (χ0v) is 9.28. The van der Waals surface area contributed by atoms with Gasteiger partial charge in [0.2, 0.25) is 0 Å². The number of ether oxygens (including phenoxy) is 3. The van der Waals surface area contributed by atoms with Crippen LogP contribution in [0.5, 0.6) is 0 Å². The zero-order chi connectivity index (χ0) is 11.5. The lowest BCUT2D eigenvalue weighted by Gasteiger charge is -2.16. The normalized spacial score (nSPS) is 28.4. The summed E-state index contributed by atoms with van der Waals surface area (Å²) in [6.45, 7) is 3.60. The van der Waals surface area contributed by atoms with E-state index in [1.807, 2.05) is 0 Å². The van der Waals surface area contributed by atoms with Gasteiger partial charge in [0.05, 0.1) is 13.2 Å². The molecule has 0 unspecified atom stereocenters. The van der Waals surface area contributed by atoms with Gasteiger partial charge in [-0.05, 0) is 20.3 Å². The maximum absolute atomic E-state index is 11.0. The summed E-state index contributed by atoms with van der Waals surface area (Å²) in [7, 11) is 1.36. The maximum Gasteiger partial charge on any atom is 0.305 e. The van der Waals surface area contributed by atoms with E-state index in [9.17, 15) is 4.79 Å². The van der Waals surface area contributed by atoms with Crippen molar-refractivity contribution in [2.24, 2.45) is 0 Å². The summed E-state index contributed by atoms with van der Waals surface area (Å²) in [6.07, 6.45) is 5.51. The van der Waals surface area contributed by atoms with Crippen molar-refractivity contribution in [3.63, 3.8) is 0 Å². The van der Waals surface area contributed by atoms with Crippen molar-refractivity contribution >= 4 is 5.97 Å². The molecule has 0 aromatic heterocycles. The van der Waals surface area contributed by atoms with Crippen molar-refractivity contribution in [3.8, 4) is 12.3 Å². The van der Waals surface area contributed by atoms with Crippen molar-refractivity contribution in [1.82, 2.24) is 0 Å². The van der Waals surface area contributed by atoms with Crippen molar-refractivity contribution in [1.29, 1.82) is 0 Å². The van der Waals surface area contributed by atoms with Gasteiger partial charge >= 0.3 is 5.97 Å². The van der Waals surface area contributed by atoms with Gasteiger partial charge in [-0.1, -0.05) is 5.92 Å². The molecule has 0 aromatic carbocycles. The van der Waals surface area contributed by atoms with E-state index in [0.717, 1.165) is 0 Å². The van der Waals surface area contributed by atoms with Crippen molar-refractivity contribution in [2.75, 3.05) is 7.11 Å². The second-order valence-electron chi connectivity index (χ2n) is 3.88. The predicted octanol–water partition coefficient (Wildman–Crippen LogP) is 1.09. The van der Waals surface area contributed by atoms with Crippen LogP contribution in [0.3, 0.4) is 0 Å². The van der Waals surface area contributed by atoms with E-state index in [4.69, 9.17) is 15.9 Å². The molecule has 0 N–H and O–H groups in total. The van der Waals surface area contributed by atoms with Crippen LogP contribution in [0.25, 0.3) is 0 Å². The first-order valence-electron chi connectivity index (χ1n) is 4.87. The van der Waals surface area contributed by atoms with Gasteiger partial charge in [-0.15, -0.1) is 6.42 Å². The molecule has 84 valence electrons. The van der Waals surface area contributed by atoms with Crippen LogP contribution < -0.4 is 0 Å². The van der Waals surface area contributed by atoms with Crippen molar-refractivity contribution < 1.29 is 19.0 Å². The Bertz CT molecular complexity index is 277. The van der Waals surface area contributed by atoms with Crippen LogP contribution in [0.4, 0.5) is 0 Å². The Hall–Kier alpha value is -1.05. The summed E-state index contributed by atoms with van der Waals surface area (Å²) in [5.74, 6) is 1.58. The largest absolute Gasteiger partial charge is 0.469 e. The zero-order valence-electron chi connectivity index (χ0n) is 9.28. The fraction of sp³-hybridized carbons (Fsp3) is 0.727. The van der Waals surface area contributed by atoms with Crippen molar-refractivity contribution in [2.45, 2.75) is 44.7 Å². The number of rotatable bonds is 3. The fourth-order valence-corrected chi connectivity index (χ4v) is 1.55. The lowest BCUT2D eigenvalue weighted by Crippen LogP contribution is -2.22. The van der Waals surface area contributed by atoms with Gasteiger partial charge in [0.1, 0.15) is 6.10 Å². The van der Waals surface area contributed by atoms with Gasteiger partial charge in [0.25, 0.3) is 0 Å². The van der Waals surface area contributed by atoms with Crippen LogP contribution in [0.15, 0.2) is 0 Å². The van der Waals surface area contributed by atoms with E-state index in [0.29, 0.717) is 12.8 Å². The number of terminal acetylenes is 1. The third kappa shape index (κ3) is 3.22. The third-order valence-electron chi connectivity index (χ3n) is 2.21. The smallest absolute Gasteiger partial charge is 0.305 e. The summed E-state index contributed by atoms with van der Waals surface area (Å²) in [5.41, 5.74) is 0. The molecule has 0 bridgehead atoms. The second kappa shape index (κ2) is 4.65. The summed E-state index contributed by atoms with van der Waals surface area (Å²) < 4.78 is 15.6. The molecule has 0 amide bonds. The lowest BCUT2D eigenvalue weighted by atomic mass is 10.1. The summed E-state index contributed by atoms with van der Waals surface area (Å²) in [6, 6.07) is 0. The highest BCUT2D eigenvalue weighted by Gasteiger charge is 2.40. The van der Waals surface area contributed by atoms with E-state index >= 15 is 0 Å². The van der Waals surface area contributed by atoms with Crippen LogP contribution in [-0.2, 0) is 19.0 Å². The van der Waals surface area contributed by atoms with Gasteiger partial charge in [0.15, 0.2) is 5.79 Å². The third-order valence-corrected chi connectivity index (χ3v) is 2.21. The van der Waals surface area contributed by atoms with Gasteiger partial charge in [0, 0.05) is 6.42 Å². The first-order valence-corrected chi connectivity index (χ1v) is 4.87. The molecule has 2 atom stereocenters. The molecule has 1 fully saturated rings. The van der Waals surface area contributed by atoms with Crippen LogP contribution in [0, 0.1) is 12.3 Å². The maximum atomic E-state index is 11.0. The number of carbonyl (C=O) groups is 1. The molecule has 1 heterocycles. The SMILES string of the molecule is C#C[C@@H]1OC(C)(C)O[C@H]1CCC(=O)OC. The van der Waals surface area contributed by atoms with Crippen LogP contribution in [0.2, 0.25) is 0 Å². The number of carbonyl (C=O) groups excluding carboxylic acids is 1. The first kappa shape index (κ1) is 12.0. The quantitative estimate of drug-likeness (QED) is 0.519. The predicted molar refractivity (Wildman–Crippen MR) is 53.9 cm³/mol. The minimum absolute atomic E-state index is 0.232. The molecule has 0 spiro atoms. The van der Waals surface area contributed by atoms with E-state index in [-0.39, 0.29) is 18.2 Å². The minimum atomic E-state index is -0.669. The molecule has 0 saturated carbocycles. The second-order valence-corrected chi connectivity index (χ2v) is 3.88. The molecular formula is C11H16O4. The van der Waals surface area contributed by atoms with E-state index < -0.39 is 5.79 Å². The molecule has 1 aliphatic rings. The van der Waals surface area contributed by atoms with Gasteiger partial charge in [-0.3, -0.25) is 4.79 Å². The summed E-state index contributed by atoms with van der Waals surface area (Å²) >= 11 is 0. The highest BCUT2D eigenvalue weighted by atomic mass is 16.7. The standard InChI is InChI=1S/C11H16O4/c1-5-8-9(6-7-10(12)13-4)15-11(2,3)14-8/h1,8-9H,6-7H2,2-4H3/t8-,9-/m0/s1. The van der Waals surface area contributed by atoms with E-state index in [1.54, 1.807) is 13.8 Å².